The van der Waals surface area contributed by atoms with Gasteiger partial charge in [-0.05, 0) is 83.8 Å². The Kier molecular flexibility index (Phi) is 10.7. The fourth-order valence-electron chi connectivity index (χ4n) is 4.04. The van der Waals surface area contributed by atoms with E-state index in [1.54, 1.807) is 24.3 Å². The van der Waals surface area contributed by atoms with Gasteiger partial charge in [-0.3, -0.25) is 14.4 Å². The number of rotatable bonds is 13. The molecule has 40 heavy (non-hydrogen) atoms. The number of amides is 3. The summed E-state index contributed by atoms with van der Waals surface area (Å²) in [6.07, 6.45) is 1.53. The highest BCUT2D eigenvalue weighted by Gasteiger charge is 2.17. The Labute approximate surface area is 234 Å². The van der Waals surface area contributed by atoms with Crippen LogP contribution in [0.4, 0.5) is 11.4 Å². The minimum Gasteiger partial charge on any atom is -0.505 e. The lowest BCUT2D eigenvalue weighted by Gasteiger charge is -2.12. The molecule has 0 heterocycles. The summed E-state index contributed by atoms with van der Waals surface area (Å²) in [5, 5.41) is 26.2. The number of phenols is 1. The number of hydrogen-bond donors (Lipinski definition) is 4. The summed E-state index contributed by atoms with van der Waals surface area (Å²) in [5.41, 5.74) is 6.15. The highest BCUT2D eigenvalue weighted by Crippen LogP contribution is 2.39. The van der Waals surface area contributed by atoms with Crippen LogP contribution in [-0.4, -0.2) is 87.0 Å². The van der Waals surface area contributed by atoms with Crippen molar-refractivity contribution in [1.29, 1.82) is 0 Å². The monoisotopic (exact) mass is 547 g/mol. The molecule has 11 nitrogen and oxygen atoms in total. The van der Waals surface area contributed by atoms with Crippen LogP contribution in [0.1, 0.15) is 43.9 Å². The van der Waals surface area contributed by atoms with Crippen LogP contribution in [0.25, 0.3) is 10.8 Å². The summed E-state index contributed by atoms with van der Waals surface area (Å²) < 4.78 is 0. The summed E-state index contributed by atoms with van der Waals surface area (Å²) in [6, 6.07) is 13.1. The van der Waals surface area contributed by atoms with Gasteiger partial charge in [-0.2, -0.15) is 5.11 Å². The van der Waals surface area contributed by atoms with Crippen molar-refractivity contribution in [2.24, 2.45) is 16.0 Å². The molecule has 0 aliphatic heterocycles. The van der Waals surface area contributed by atoms with E-state index in [0.29, 0.717) is 23.9 Å². The Balaban J connectivity index is 1.96. The van der Waals surface area contributed by atoms with Gasteiger partial charge in [0.2, 0.25) is 0 Å². The van der Waals surface area contributed by atoms with Crippen LogP contribution in [0.5, 0.6) is 5.75 Å². The quantitative estimate of drug-likeness (QED) is 0.190. The van der Waals surface area contributed by atoms with Crippen LogP contribution >= 0.6 is 0 Å². The van der Waals surface area contributed by atoms with Crippen molar-refractivity contribution in [2.45, 2.75) is 12.8 Å². The smallest absolute Gasteiger partial charge is 0.252 e. The highest BCUT2D eigenvalue weighted by molar-refractivity contribution is 6.06. The van der Waals surface area contributed by atoms with Gasteiger partial charge in [0.05, 0.1) is 11.3 Å². The molecule has 0 radical (unpaired) electrons. The highest BCUT2D eigenvalue weighted by atomic mass is 16.3. The molecule has 0 saturated carbocycles. The van der Waals surface area contributed by atoms with E-state index in [1.165, 1.54) is 24.3 Å². The van der Waals surface area contributed by atoms with Crippen LogP contribution in [0.2, 0.25) is 0 Å². The van der Waals surface area contributed by atoms with Crippen molar-refractivity contribution in [3.63, 3.8) is 0 Å². The van der Waals surface area contributed by atoms with Gasteiger partial charge in [-0.25, -0.2) is 0 Å². The van der Waals surface area contributed by atoms with Gasteiger partial charge in [0.15, 0.2) is 5.75 Å². The fraction of sp³-hybridized carbons (Fsp3) is 0.345. The largest absolute Gasteiger partial charge is 0.505 e. The molecule has 5 N–H and O–H groups in total. The summed E-state index contributed by atoms with van der Waals surface area (Å²) in [5.74, 6) is -1.90. The normalized spacial score (nSPS) is 11.4. The molecule has 0 aliphatic rings. The molecule has 0 spiro atoms. The standard InChI is InChI=1S/C29H37N7O4/c1-35(2)13-7-11-31-28(39)20-15-21(29(40)32-12-8-14-36(3)4)17-22(16-20)33-34-25-23-10-6-5-9-19(23)18-24(26(25)37)27(30)38/h5-6,9-10,15-18,37H,7-8,11-14H2,1-4H3,(H2,30,38)(H,31,39)(H,32,40). The Bertz CT molecular complexity index is 1360. The topological polar surface area (TPSA) is 153 Å². The minimum atomic E-state index is -0.805. The van der Waals surface area contributed by atoms with E-state index in [2.05, 4.69) is 20.9 Å². The van der Waals surface area contributed by atoms with Crippen molar-refractivity contribution in [3.8, 4) is 5.75 Å². The second-order valence-electron chi connectivity index (χ2n) is 10.0. The van der Waals surface area contributed by atoms with Crippen LogP contribution in [0.3, 0.4) is 0 Å². The fourth-order valence-corrected chi connectivity index (χ4v) is 4.04. The van der Waals surface area contributed by atoms with Crippen molar-refractivity contribution >= 4 is 39.9 Å². The van der Waals surface area contributed by atoms with E-state index in [1.807, 2.05) is 38.0 Å². The minimum absolute atomic E-state index is 0.0557. The molecule has 3 amide bonds. The third kappa shape index (κ3) is 8.32. The van der Waals surface area contributed by atoms with Crippen molar-refractivity contribution in [3.05, 3.63) is 65.2 Å². The van der Waals surface area contributed by atoms with Gasteiger partial charge in [0.25, 0.3) is 17.7 Å². The average Bonchev–Trinajstić information content (AvgIpc) is 2.91. The summed E-state index contributed by atoms with van der Waals surface area (Å²) in [4.78, 5) is 41.9. The second-order valence-corrected chi connectivity index (χ2v) is 10.0. The zero-order chi connectivity index (χ0) is 29.2. The molecule has 0 saturated heterocycles. The third-order valence-corrected chi connectivity index (χ3v) is 6.10. The van der Waals surface area contributed by atoms with Gasteiger partial charge in [0, 0.05) is 29.6 Å². The number of primary amides is 1. The van der Waals surface area contributed by atoms with E-state index in [0.717, 1.165) is 25.9 Å². The molecule has 0 fully saturated rings. The van der Waals surface area contributed by atoms with Gasteiger partial charge >= 0.3 is 0 Å². The lowest BCUT2D eigenvalue weighted by atomic mass is 10.0. The first-order valence-corrected chi connectivity index (χ1v) is 13.0. The number of nitrogens with two attached hydrogens (primary N) is 1. The molecule has 0 aromatic heterocycles. The molecule has 0 bridgehead atoms. The van der Waals surface area contributed by atoms with Crippen LogP contribution in [-0.2, 0) is 0 Å². The Morgan fingerprint density at radius 1 is 0.825 bits per heavy atom. The summed E-state index contributed by atoms with van der Waals surface area (Å²) in [6.45, 7) is 2.57. The molecular weight excluding hydrogens is 510 g/mol. The lowest BCUT2D eigenvalue weighted by Crippen LogP contribution is -2.29. The number of benzene rings is 3. The van der Waals surface area contributed by atoms with Gasteiger partial charge in [0.1, 0.15) is 5.69 Å². The van der Waals surface area contributed by atoms with E-state index in [4.69, 9.17) is 5.73 Å². The third-order valence-electron chi connectivity index (χ3n) is 6.10. The molecule has 3 rings (SSSR count). The predicted octanol–water partition coefficient (Wildman–Crippen LogP) is 3.42. The van der Waals surface area contributed by atoms with Crippen molar-refractivity contribution in [2.75, 3.05) is 54.4 Å². The van der Waals surface area contributed by atoms with Gasteiger partial charge < -0.3 is 31.3 Å². The molecule has 0 aliphatic carbocycles. The molecule has 3 aromatic rings. The van der Waals surface area contributed by atoms with E-state index in [-0.39, 0.29) is 39.9 Å². The SMILES string of the molecule is CN(C)CCCNC(=O)c1cc(N=Nc2c(O)c(C(N)=O)cc3ccccc23)cc(C(=O)NCCCN(C)C)c1. The number of nitrogens with one attached hydrogen (secondary N) is 2. The predicted molar refractivity (Wildman–Crippen MR) is 156 cm³/mol. The number of nitrogens with zero attached hydrogens (tertiary/aromatic N) is 4. The van der Waals surface area contributed by atoms with Crippen molar-refractivity contribution < 1.29 is 19.5 Å². The van der Waals surface area contributed by atoms with Crippen LogP contribution in [0.15, 0.2) is 58.8 Å². The molecule has 3 aromatic carbocycles. The first kappa shape index (κ1) is 30.2. The first-order chi connectivity index (χ1) is 19.1. The first-order valence-electron chi connectivity index (χ1n) is 13.0. The number of carbonyl (C=O) groups is 3. The van der Waals surface area contributed by atoms with Crippen LogP contribution in [0, 0.1) is 0 Å². The maximum Gasteiger partial charge on any atom is 0.252 e. The zero-order valence-electron chi connectivity index (χ0n) is 23.4. The van der Waals surface area contributed by atoms with Crippen LogP contribution < -0.4 is 16.4 Å². The maximum absolute atomic E-state index is 12.9. The molecule has 0 atom stereocenters. The number of azo groups is 1. The molecule has 212 valence electrons. The zero-order valence-corrected chi connectivity index (χ0v) is 23.4. The Hall–Kier alpha value is -4.35. The molecular formula is C29H37N7O4. The Morgan fingerprint density at radius 3 is 1.90 bits per heavy atom. The molecule has 11 heteroatoms. The molecule has 0 unspecified atom stereocenters. The number of carbonyl (C=O) groups excluding carboxylic acids is 3. The average molecular weight is 548 g/mol. The summed E-state index contributed by atoms with van der Waals surface area (Å²) >= 11 is 0. The number of aromatic hydroxyl groups is 1. The lowest BCUT2D eigenvalue weighted by molar-refractivity contribution is 0.0950. The Morgan fingerprint density at radius 2 is 1.38 bits per heavy atom. The van der Waals surface area contributed by atoms with E-state index in [9.17, 15) is 19.5 Å². The maximum atomic E-state index is 12.9. The van der Waals surface area contributed by atoms with Gasteiger partial charge in [-0.15, -0.1) is 5.11 Å². The number of fused-ring (bicyclic) bond motifs is 1. The summed E-state index contributed by atoms with van der Waals surface area (Å²) in [7, 11) is 7.83. The van der Waals surface area contributed by atoms with E-state index >= 15 is 0 Å². The van der Waals surface area contributed by atoms with E-state index < -0.39 is 11.7 Å². The van der Waals surface area contributed by atoms with Crippen molar-refractivity contribution in [1.82, 2.24) is 20.4 Å². The second kappa shape index (κ2) is 14.2. The number of hydrogen-bond acceptors (Lipinski definition) is 8. The van der Waals surface area contributed by atoms with Gasteiger partial charge in [-0.1, -0.05) is 24.3 Å².